The highest BCUT2D eigenvalue weighted by atomic mass is 31.2. The Labute approximate surface area is 590 Å². The third-order valence-electron chi connectivity index (χ3n) is 21.8. The van der Waals surface area contributed by atoms with Crippen molar-refractivity contribution in [3.8, 4) is 18.2 Å². The van der Waals surface area contributed by atoms with Crippen LogP contribution in [0, 0.1) is 61.3 Å². The van der Waals surface area contributed by atoms with Crippen LogP contribution >= 0.6 is 17.8 Å². The van der Waals surface area contributed by atoms with Gasteiger partial charge in [0.2, 0.25) is 0 Å². The zero-order valence-corrected chi connectivity index (χ0v) is 64.1. The number of benzene rings is 5. The van der Waals surface area contributed by atoms with Crippen LogP contribution in [0.3, 0.4) is 0 Å². The van der Waals surface area contributed by atoms with Crippen LogP contribution in [0.15, 0.2) is 42.5 Å². The molecule has 2 N–H and O–H groups in total. The monoisotopic (exact) mass is 1360 g/mol. The van der Waals surface area contributed by atoms with Crippen molar-refractivity contribution in [3.05, 3.63) is 160 Å². The van der Waals surface area contributed by atoms with Crippen molar-refractivity contribution >= 4 is 71.2 Å². The molecule has 0 aromatic heterocycles. The first-order valence-corrected chi connectivity index (χ1v) is 36.7. The Morgan fingerprint density at radius 1 is 0.500 bits per heavy atom. The van der Waals surface area contributed by atoms with Gasteiger partial charge in [-0.25, -0.2) is 4.85 Å². The number of hydrogen-bond acceptors (Lipinski definition) is 12. The summed E-state index contributed by atoms with van der Waals surface area (Å²) in [7, 11) is 1.00. The summed E-state index contributed by atoms with van der Waals surface area (Å²) in [6, 6.07) is 21.0. The second-order valence-electron chi connectivity index (χ2n) is 31.0. The minimum Gasteiger partial charge on any atom is -0.412 e. The fourth-order valence-electron chi connectivity index (χ4n) is 15.9. The molecule has 0 fully saturated rings. The summed E-state index contributed by atoms with van der Waals surface area (Å²) in [5.74, 6) is 0. The van der Waals surface area contributed by atoms with Gasteiger partial charge >= 0.3 is 8.60 Å². The number of rotatable bonds is 17. The van der Waals surface area contributed by atoms with Gasteiger partial charge in [0.25, 0.3) is 0 Å². The van der Waals surface area contributed by atoms with E-state index in [9.17, 15) is 20.6 Å². The van der Waals surface area contributed by atoms with E-state index in [1.165, 1.54) is 91.1 Å². The van der Waals surface area contributed by atoms with Gasteiger partial charge in [0, 0.05) is 80.7 Å². The molecule has 6 aliphatic heterocycles. The highest BCUT2D eigenvalue weighted by molar-refractivity contribution is 7.41. The van der Waals surface area contributed by atoms with E-state index in [0.717, 1.165) is 87.9 Å². The molecular formula is C82H107N7O7P2. The molecule has 6 heterocycles. The summed E-state index contributed by atoms with van der Waals surface area (Å²) in [6.45, 7) is 58.4. The lowest BCUT2D eigenvalue weighted by Gasteiger charge is -2.49. The molecule has 0 radical (unpaired) electrons. The lowest BCUT2D eigenvalue weighted by Crippen LogP contribution is -2.45. The minimum atomic E-state index is -1.50. The zero-order valence-electron chi connectivity index (χ0n) is 62.1. The fourth-order valence-corrected chi connectivity index (χ4v) is 17.3. The minimum absolute atomic E-state index is 0. The molecule has 0 spiro atoms. The Kier molecular flexibility index (Phi) is 23.7. The predicted molar refractivity (Wildman–Crippen MR) is 406 cm³/mol. The highest BCUT2D eigenvalue weighted by Crippen LogP contribution is 2.55. The number of carbonyl (C=O) groups is 1. The van der Waals surface area contributed by atoms with Crippen LogP contribution in [0.4, 0.5) is 22.7 Å². The molecule has 1 atom stereocenters. The molecule has 11 rings (SSSR count). The number of ether oxygens (including phenoxy) is 2. The van der Waals surface area contributed by atoms with E-state index >= 15 is 0 Å². The average molecular weight is 1360 g/mol. The first kappa shape index (κ1) is 77.0. The van der Waals surface area contributed by atoms with Crippen LogP contribution < -0.4 is 14.7 Å². The Balaban J connectivity index is 0.000000213. The predicted octanol–water partition coefficient (Wildman–Crippen LogP) is 18.9. The van der Waals surface area contributed by atoms with Crippen molar-refractivity contribution in [3.63, 3.8) is 0 Å². The number of nitriles is 3. The number of anilines is 3. The van der Waals surface area contributed by atoms with Crippen LogP contribution in [-0.4, -0.2) is 77.5 Å². The van der Waals surface area contributed by atoms with E-state index in [1.54, 1.807) is 12.1 Å². The van der Waals surface area contributed by atoms with Gasteiger partial charge in [-0.3, -0.25) is 4.79 Å². The van der Waals surface area contributed by atoms with Gasteiger partial charge in [0.05, 0.1) is 61.3 Å². The molecule has 6 aliphatic rings. The third kappa shape index (κ3) is 15.1. The van der Waals surface area contributed by atoms with Gasteiger partial charge in [-0.1, -0.05) is 117 Å². The van der Waals surface area contributed by atoms with E-state index in [0.29, 0.717) is 59.9 Å². The molecule has 522 valence electrons. The van der Waals surface area contributed by atoms with Gasteiger partial charge in [0.15, 0.2) is 11.2 Å². The maximum atomic E-state index is 11.5. The number of hydrogen-bond donors (Lipinski definition) is 0. The number of carbonyl (C=O) groups excluding carboxylic acids is 1. The summed E-state index contributed by atoms with van der Waals surface area (Å²) in [5.41, 5.74) is 24.1. The second-order valence-corrected chi connectivity index (χ2v) is 33.0. The van der Waals surface area contributed by atoms with Crippen LogP contribution in [0.25, 0.3) is 29.1 Å². The molecule has 5 aromatic carbocycles. The topological polar surface area (TPSA) is 180 Å². The van der Waals surface area contributed by atoms with E-state index in [4.69, 9.17) is 29.6 Å². The summed E-state index contributed by atoms with van der Waals surface area (Å²) >= 11 is 0. The summed E-state index contributed by atoms with van der Waals surface area (Å²) in [5, 5.41) is 30.3. The smallest absolute Gasteiger partial charge is 0.332 e. The quantitative estimate of drug-likeness (QED) is 0.0283. The van der Waals surface area contributed by atoms with Crippen molar-refractivity contribution < 1.29 is 33.3 Å². The van der Waals surface area contributed by atoms with E-state index in [1.807, 2.05) is 52.0 Å². The van der Waals surface area contributed by atoms with Gasteiger partial charge < -0.3 is 43.2 Å². The molecular weight excluding hydrogens is 1260 g/mol. The molecule has 0 bridgehead atoms. The lowest BCUT2D eigenvalue weighted by molar-refractivity contribution is -0.173. The SMILES string of the molecule is Cc1c(/C=C/c2cc(C#N)c(/C=C/c3cc4c5c(c3C)C(C)(C)CCN5CCC4(C)C)cc2C#N)cc2c3c1C(C)(C)CCN3CCC2(C)C.Cc1c(C=O)cc2c3c1C(C)(C)CCN3CCC2(C)C.O.[C-]#[N+]c1cc(COP(OCC)OCC)c(C#N)cc1C(P)(OCC)OCC. The standard InChI is InChI=1S/C46H54N4.C18H26N2O5P2.C18H25NO.H2O/c1-29-31(25-37-41-39(29)45(7,8)17-21-49(41)19-15-43(37,3)4)11-13-33-23-36(28-48)34(24-35(33)27-47)14-12-32-26-38-42-40(30(32)2)46(9,10)18-22-50(42)20-16-44(38,5)6;1-6-21-18(26,22-7-2)16-10-14(12-19)15(11-17(16)20-5)13-25-27(23-8-3)24-9-4;1-12-13(11-20)10-14-16-15(12)18(4,5)7-9-19(16)8-6-17(14,2)3;/h11-14,23-26H,15-22H2,1-10H3;10-11H,6-9,13,26H2,1-4H3;10-11H,6-9H2,1-5H3;1H2/b13-11+,14-12+;;;. The maximum Gasteiger partial charge on any atom is 0.332 e. The van der Waals surface area contributed by atoms with Crippen molar-refractivity contribution in [2.75, 3.05) is 80.4 Å². The van der Waals surface area contributed by atoms with Gasteiger partial charge in [-0.15, -0.1) is 0 Å². The van der Waals surface area contributed by atoms with Crippen LogP contribution in [0.5, 0.6) is 0 Å². The normalized spacial score (nSPS) is 18.3. The van der Waals surface area contributed by atoms with Crippen molar-refractivity contribution in [2.24, 2.45) is 0 Å². The summed E-state index contributed by atoms with van der Waals surface area (Å²) in [6.07, 6.45) is 16.4. The molecule has 0 amide bonds. The van der Waals surface area contributed by atoms with Gasteiger partial charge in [-0.05, 0) is 240 Å². The number of aldehydes is 1. The first-order chi connectivity index (χ1) is 45.8. The summed E-state index contributed by atoms with van der Waals surface area (Å²) in [4.78, 5) is 22.8. The van der Waals surface area contributed by atoms with Crippen LogP contribution in [0.2, 0.25) is 0 Å². The summed E-state index contributed by atoms with van der Waals surface area (Å²) < 4.78 is 27.9. The van der Waals surface area contributed by atoms with E-state index in [2.05, 4.69) is 181 Å². The van der Waals surface area contributed by atoms with Crippen LogP contribution in [-0.2, 0) is 67.7 Å². The average Bonchev–Trinajstić information content (AvgIpc) is 0.736. The fraction of sp³-hybridized carbons (Fsp3) is 0.524. The molecule has 14 nitrogen and oxygen atoms in total. The first-order valence-electron chi connectivity index (χ1n) is 35.1. The molecule has 1 unspecified atom stereocenters. The Morgan fingerprint density at radius 3 is 1.16 bits per heavy atom. The maximum absolute atomic E-state index is 11.5. The third-order valence-corrected chi connectivity index (χ3v) is 23.8. The van der Waals surface area contributed by atoms with Crippen molar-refractivity contribution in [1.82, 2.24) is 0 Å². The Hall–Kier alpha value is -6.77. The Morgan fingerprint density at radius 2 is 0.837 bits per heavy atom. The largest absolute Gasteiger partial charge is 0.412 e. The Bertz CT molecular complexity index is 3930. The van der Waals surface area contributed by atoms with E-state index in [-0.39, 0.29) is 44.6 Å². The molecule has 0 aliphatic carbocycles. The van der Waals surface area contributed by atoms with Crippen LogP contribution in [0.1, 0.15) is 260 Å². The molecule has 16 heteroatoms. The molecule has 0 saturated carbocycles. The number of nitrogens with zero attached hydrogens (tertiary/aromatic N) is 7. The van der Waals surface area contributed by atoms with Crippen molar-refractivity contribution in [2.45, 2.75) is 215 Å². The second kappa shape index (κ2) is 30.2. The highest BCUT2D eigenvalue weighted by Gasteiger charge is 2.45. The van der Waals surface area contributed by atoms with E-state index < -0.39 is 14.1 Å². The van der Waals surface area contributed by atoms with Gasteiger partial charge in [-0.2, -0.15) is 15.8 Å². The molecule has 0 saturated heterocycles. The van der Waals surface area contributed by atoms with Gasteiger partial charge in [0.1, 0.15) is 6.29 Å². The molecule has 98 heavy (non-hydrogen) atoms. The lowest BCUT2D eigenvalue weighted by atomic mass is 9.67. The zero-order chi connectivity index (χ0) is 71.0. The molecule has 5 aromatic rings. The van der Waals surface area contributed by atoms with Crippen molar-refractivity contribution in [1.29, 1.82) is 15.8 Å².